The largest absolute Gasteiger partial charge is 0.378 e. The smallest absolute Gasteiger partial charge is 0.152 e. The SMILES string of the molecule is Cc1nnc(CNc2cccc(Cl)c2)n1C(C)C. The average Bonchev–Trinajstić information content (AvgIpc) is 2.68. The van der Waals surface area contributed by atoms with Crippen molar-refractivity contribution in [1.82, 2.24) is 14.8 Å². The molecule has 0 fully saturated rings. The van der Waals surface area contributed by atoms with Gasteiger partial charge in [-0.2, -0.15) is 0 Å². The van der Waals surface area contributed by atoms with Gasteiger partial charge in [-0.1, -0.05) is 17.7 Å². The van der Waals surface area contributed by atoms with Crippen molar-refractivity contribution < 1.29 is 0 Å². The van der Waals surface area contributed by atoms with Crippen molar-refractivity contribution in [3.8, 4) is 0 Å². The minimum Gasteiger partial charge on any atom is -0.378 e. The molecule has 0 aliphatic heterocycles. The van der Waals surface area contributed by atoms with E-state index in [4.69, 9.17) is 11.6 Å². The van der Waals surface area contributed by atoms with E-state index in [1.165, 1.54) is 0 Å². The molecule has 1 aromatic heterocycles. The maximum absolute atomic E-state index is 5.94. The van der Waals surface area contributed by atoms with Crippen LogP contribution >= 0.6 is 11.6 Å². The predicted molar refractivity (Wildman–Crippen MR) is 73.9 cm³/mol. The van der Waals surface area contributed by atoms with Crippen LogP contribution in [0.1, 0.15) is 31.5 Å². The van der Waals surface area contributed by atoms with E-state index < -0.39 is 0 Å². The minimum absolute atomic E-state index is 0.358. The summed E-state index contributed by atoms with van der Waals surface area (Å²) >= 11 is 5.94. The van der Waals surface area contributed by atoms with Crippen LogP contribution in [-0.2, 0) is 6.54 Å². The first kappa shape index (κ1) is 12.9. The van der Waals surface area contributed by atoms with Gasteiger partial charge in [0.1, 0.15) is 5.82 Å². The van der Waals surface area contributed by atoms with E-state index in [-0.39, 0.29) is 0 Å². The van der Waals surface area contributed by atoms with Crippen LogP contribution in [0.3, 0.4) is 0 Å². The molecule has 2 aromatic rings. The molecule has 0 aliphatic rings. The van der Waals surface area contributed by atoms with Crippen LogP contribution < -0.4 is 5.32 Å². The summed E-state index contributed by atoms with van der Waals surface area (Å²) < 4.78 is 2.12. The molecule has 4 nitrogen and oxygen atoms in total. The Morgan fingerprint density at radius 1 is 1.33 bits per heavy atom. The van der Waals surface area contributed by atoms with E-state index in [0.717, 1.165) is 22.4 Å². The van der Waals surface area contributed by atoms with Gasteiger partial charge >= 0.3 is 0 Å². The molecule has 5 heteroatoms. The Balaban J connectivity index is 2.11. The Hall–Kier alpha value is -1.55. The van der Waals surface area contributed by atoms with Crippen molar-refractivity contribution in [3.05, 3.63) is 40.9 Å². The molecule has 0 bridgehead atoms. The molecular formula is C13H17ClN4. The highest BCUT2D eigenvalue weighted by Crippen LogP contribution is 2.16. The molecule has 1 aromatic carbocycles. The Morgan fingerprint density at radius 2 is 2.11 bits per heavy atom. The number of hydrogen-bond acceptors (Lipinski definition) is 3. The molecule has 96 valence electrons. The van der Waals surface area contributed by atoms with Crippen LogP contribution in [0.2, 0.25) is 5.02 Å². The Morgan fingerprint density at radius 3 is 2.78 bits per heavy atom. The summed E-state index contributed by atoms with van der Waals surface area (Å²) in [5.41, 5.74) is 0.985. The second kappa shape index (κ2) is 5.40. The Kier molecular flexibility index (Phi) is 3.87. The summed E-state index contributed by atoms with van der Waals surface area (Å²) in [5.74, 6) is 1.87. The lowest BCUT2D eigenvalue weighted by Gasteiger charge is -2.13. The first-order chi connectivity index (χ1) is 8.58. The van der Waals surface area contributed by atoms with Crippen LogP contribution in [0.15, 0.2) is 24.3 Å². The van der Waals surface area contributed by atoms with Gasteiger partial charge in [-0.05, 0) is 39.0 Å². The summed E-state index contributed by atoms with van der Waals surface area (Å²) in [6.07, 6.45) is 0. The highest BCUT2D eigenvalue weighted by molar-refractivity contribution is 6.30. The van der Waals surface area contributed by atoms with Gasteiger partial charge < -0.3 is 9.88 Å². The zero-order valence-electron chi connectivity index (χ0n) is 10.8. The number of nitrogens with one attached hydrogen (secondary N) is 1. The van der Waals surface area contributed by atoms with Gasteiger partial charge in [0.2, 0.25) is 0 Å². The van der Waals surface area contributed by atoms with Crippen LogP contribution in [0, 0.1) is 6.92 Å². The molecule has 0 unspecified atom stereocenters. The third-order valence-electron chi connectivity index (χ3n) is 2.73. The zero-order valence-corrected chi connectivity index (χ0v) is 11.6. The van der Waals surface area contributed by atoms with E-state index in [0.29, 0.717) is 12.6 Å². The molecule has 0 amide bonds. The molecule has 0 atom stereocenters. The molecule has 0 saturated heterocycles. The van der Waals surface area contributed by atoms with Crippen LogP contribution in [0.5, 0.6) is 0 Å². The lowest BCUT2D eigenvalue weighted by atomic mass is 10.3. The summed E-state index contributed by atoms with van der Waals surface area (Å²) in [6.45, 7) is 6.85. The maximum atomic E-state index is 5.94. The molecule has 0 spiro atoms. The molecule has 1 heterocycles. The van der Waals surface area contributed by atoms with Gasteiger partial charge in [0.25, 0.3) is 0 Å². The maximum Gasteiger partial charge on any atom is 0.152 e. The number of anilines is 1. The zero-order chi connectivity index (χ0) is 13.1. The van der Waals surface area contributed by atoms with E-state index in [1.54, 1.807) is 0 Å². The average molecular weight is 265 g/mol. The number of rotatable bonds is 4. The fourth-order valence-electron chi connectivity index (χ4n) is 1.99. The van der Waals surface area contributed by atoms with Gasteiger partial charge in [0.05, 0.1) is 6.54 Å². The third kappa shape index (κ3) is 2.82. The number of aromatic nitrogens is 3. The van der Waals surface area contributed by atoms with E-state index >= 15 is 0 Å². The lowest BCUT2D eigenvalue weighted by Crippen LogP contribution is -2.11. The Bertz CT molecular complexity index is 534. The fourth-order valence-corrected chi connectivity index (χ4v) is 2.18. The second-order valence-electron chi connectivity index (χ2n) is 4.49. The van der Waals surface area contributed by atoms with Crippen molar-refractivity contribution in [1.29, 1.82) is 0 Å². The van der Waals surface area contributed by atoms with Gasteiger partial charge in [-0.3, -0.25) is 0 Å². The fraction of sp³-hybridized carbons (Fsp3) is 0.385. The summed E-state index contributed by atoms with van der Waals surface area (Å²) in [5, 5.41) is 12.3. The number of nitrogens with zero attached hydrogens (tertiary/aromatic N) is 3. The highest BCUT2D eigenvalue weighted by Gasteiger charge is 2.10. The lowest BCUT2D eigenvalue weighted by molar-refractivity contribution is 0.558. The van der Waals surface area contributed by atoms with Crippen LogP contribution in [0.4, 0.5) is 5.69 Å². The van der Waals surface area contributed by atoms with Gasteiger partial charge in [-0.15, -0.1) is 10.2 Å². The summed E-state index contributed by atoms with van der Waals surface area (Å²) in [4.78, 5) is 0. The van der Waals surface area contributed by atoms with Crippen LogP contribution in [-0.4, -0.2) is 14.8 Å². The molecule has 0 radical (unpaired) electrons. The summed E-state index contributed by atoms with van der Waals surface area (Å²) in [7, 11) is 0. The topological polar surface area (TPSA) is 42.7 Å². The van der Waals surface area contributed by atoms with Crippen molar-refractivity contribution in [2.24, 2.45) is 0 Å². The van der Waals surface area contributed by atoms with E-state index in [2.05, 4.69) is 33.9 Å². The highest BCUT2D eigenvalue weighted by atomic mass is 35.5. The standard InChI is InChI=1S/C13H17ClN4/c1-9(2)18-10(3)16-17-13(18)8-15-12-6-4-5-11(14)7-12/h4-7,9,15H,8H2,1-3H3. The number of halogens is 1. The van der Waals surface area contributed by atoms with Crippen molar-refractivity contribution in [2.45, 2.75) is 33.4 Å². The monoisotopic (exact) mass is 264 g/mol. The van der Waals surface area contributed by atoms with Crippen LogP contribution in [0.25, 0.3) is 0 Å². The first-order valence-corrected chi connectivity index (χ1v) is 6.35. The number of aryl methyl sites for hydroxylation is 1. The third-order valence-corrected chi connectivity index (χ3v) is 2.96. The molecule has 0 aliphatic carbocycles. The normalized spacial score (nSPS) is 10.9. The number of hydrogen-bond donors (Lipinski definition) is 1. The Labute approximate surface area is 112 Å². The molecule has 0 saturated carbocycles. The molecule has 2 rings (SSSR count). The minimum atomic E-state index is 0.358. The predicted octanol–water partition coefficient (Wildman–Crippen LogP) is 3.43. The van der Waals surface area contributed by atoms with E-state index in [1.807, 2.05) is 31.2 Å². The molecular weight excluding hydrogens is 248 g/mol. The number of benzene rings is 1. The second-order valence-corrected chi connectivity index (χ2v) is 4.93. The van der Waals surface area contributed by atoms with Crippen molar-refractivity contribution in [2.75, 3.05) is 5.32 Å². The van der Waals surface area contributed by atoms with Crippen molar-refractivity contribution >= 4 is 17.3 Å². The van der Waals surface area contributed by atoms with Crippen molar-refractivity contribution in [3.63, 3.8) is 0 Å². The van der Waals surface area contributed by atoms with Gasteiger partial charge in [0.15, 0.2) is 5.82 Å². The van der Waals surface area contributed by atoms with Gasteiger partial charge in [0, 0.05) is 16.8 Å². The van der Waals surface area contributed by atoms with Gasteiger partial charge in [-0.25, -0.2) is 0 Å². The summed E-state index contributed by atoms with van der Waals surface area (Å²) in [6, 6.07) is 8.01. The quantitative estimate of drug-likeness (QED) is 0.920. The molecule has 1 N–H and O–H groups in total. The van der Waals surface area contributed by atoms with E-state index in [9.17, 15) is 0 Å². The first-order valence-electron chi connectivity index (χ1n) is 5.97. The molecule has 18 heavy (non-hydrogen) atoms.